The molecule has 3 nitrogen and oxygen atoms in total. The molecule has 1 rings (SSSR count). The number of nitrogens with one attached hydrogen (secondary N) is 1. The monoisotopic (exact) mass is 270 g/mol. The first kappa shape index (κ1) is 12.0. The van der Waals surface area contributed by atoms with Gasteiger partial charge >= 0.3 is 0 Å². The van der Waals surface area contributed by atoms with Crippen LogP contribution in [0.5, 0.6) is 0 Å². The van der Waals surface area contributed by atoms with Gasteiger partial charge in [-0.25, -0.2) is 0 Å². The molecule has 0 aliphatic carbocycles. The molecule has 0 radical (unpaired) electrons. The lowest BCUT2D eigenvalue weighted by molar-refractivity contribution is 0.0932. The molecule has 1 heterocycles. The highest BCUT2D eigenvalue weighted by Gasteiger charge is 2.12. The van der Waals surface area contributed by atoms with E-state index < -0.39 is 0 Å². The zero-order chi connectivity index (χ0) is 11.4. The van der Waals surface area contributed by atoms with Crippen LogP contribution in [-0.4, -0.2) is 16.5 Å². The number of rotatable bonds is 4. The van der Waals surface area contributed by atoms with Gasteiger partial charge in [-0.05, 0) is 35.3 Å². The lowest BCUT2D eigenvalue weighted by atomic mass is 10.2. The summed E-state index contributed by atoms with van der Waals surface area (Å²) < 4.78 is 2.70. The molecule has 15 heavy (non-hydrogen) atoms. The molecule has 1 aromatic heterocycles. The van der Waals surface area contributed by atoms with Crippen LogP contribution in [0, 0.1) is 0 Å². The van der Waals surface area contributed by atoms with Crippen LogP contribution in [0.4, 0.5) is 0 Å². The highest BCUT2D eigenvalue weighted by molar-refractivity contribution is 9.10. The Morgan fingerprint density at radius 2 is 2.47 bits per heavy atom. The number of amides is 1. The Balaban J connectivity index is 2.68. The van der Waals surface area contributed by atoms with Gasteiger partial charge in [-0.15, -0.1) is 6.58 Å². The summed E-state index contributed by atoms with van der Waals surface area (Å²) in [4.78, 5) is 11.8. The molecule has 1 amide bonds. The van der Waals surface area contributed by atoms with Crippen LogP contribution in [0.1, 0.15) is 23.8 Å². The Kier molecular flexibility index (Phi) is 4.15. The summed E-state index contributed by atoms with van der Waals surface area (Å²) in [7, 11) is 1.85. The van der Waals surface area contributed by atoms with Gasteiger partial charge in [0.05, 0.1) is 0 Å². The quantitative estimate of drug-likeness (QED) is 0.839. The molecule has 0 bridgehead atoms. The van der Waals surface area contributed by atoms with Crippen molar-refractivity contribution in [3.05, 3.63) is 35.1 Å². The third kappa shape index (κ3) is 3.23. The summed E-state index contributed by atoms with van der Waals surface area (Å²) in [5.41, 5.74) is 0.651. The topological polar surface area (TPSA) is 34.0 Å². The van der Waals surface area contributed by atoms with Gasteiger partial charge in [0.2, 0.25) is 0 Å². The normalized spacial score (nSPS) is 12.2. The number of carbonyl (C=O) groups is 1. The Hall–Kier alpha value is -1.03. The van der Waals surface area contributed by atoms with Crippen molar-refractivity contribution in [3.8, 4) is 0 Å². The fraction of sp³-hybridized carbons (Fsp3) is 0.364. The molecule has 0 saturated carbocycles. The number of halogens is 1. The fourth-order valence-corrected chi connectivity index (χ4v) is 1.88. The highest BCUT2D eigenvalue weighted by atomic mass is 79.9. The van der Waals surface area contributed by atoms with Crippen LogP contribution < -0.4 is 5.32 Å². The largest absolute Gasteiger partial charge is 0.348 e. The average molecular weight is 271 g/mol. The smallest absolute Gasteiger partial charge is 0.268 e. The van der Waals surface area contributed by atoms with Gasteiger partial charge in [0.15, 0.2) is 0 Å². The lowest BCUT2D eigenvalue weighted by Crippen LogP contribution is -2.33. The number of hydrogen-bond donors (Lipinski definition) is 1. The van der Waals surface area contributed by atoms with E-state index in [9.17, 15) is 4.79 Å². The minimum atomic E-state index is -0.0578. The average Bonchev–Trinajstić information content (AvgIpc) is 2.45. The second kappa shape index (κ2) is 5.16. The second-order valence-electron chi connectivity index (χ2n) is 3.55. The number of nitrogens with zero attached hydrogens (tertiary/aromatic N) is 1. The molecule has 0 aliphatic rings. The Morgan fingerprint density at radius 1 is 1.80 bits per heavy atom. The van der Waals surface area contributed by atoms with Crippen molar-refractivity contribution < 1.29 is 4.79 Å². The van der Waals surface area contributed by atoms with Gasteiger partial charge in [0, 0.05) is 23.8 Å². The summed E-state index contributed by atoms with van der Waals surface area (Å²) >= 11 is 3.33. The van der Waals surface area contributed by atoms with Crippen LogP contribution in [0.25, 0.3) is 0 Å². The molecule has 4 heteroatoms. The molecule has 82 valence electrons. The molecule has 1 aromatic rings. The molecule has 0 aliphatic heterocycles. The van der Waals surface area contributed by atoms with Crippen LogP contribution in [0.3, 0.4) is 0 Å². The van der Waals surface area contributed by atoms with Crippen molar-refractivity contribution in [2.45, 2.75) is 19.4 Å². The maximum absolute atomic E-state index is 11.8. The van der Waals surface area contributed by atoms with Crippen molar-refractivity contribution in [2.24, 2.45) is 7.05 Å². The number of aryl methyl sites for hydroxylation is 1. The molecule has 1 atom stereocenters. The molecule has 0 saturated heterocycles. The second-order valence-corrected chi connectivity index (χ2v) is 4.47. The van der Waals surface area contributed by atoms with E-state index in [1.165, 1.54) is 0 Å². The zero-order valence-corrected chi connectivity index (χ0v) is 10.5. The molecule has 0 aromatic carbocycles. The Bertz CT molecular complexity index is 371. The maximum Gasteiger partial charge on any atom is 0.268 e. The van der Waals surface area contributed by atoms with Crippen molar-refractivity contribution in [1.29, 1.82) is 0 Å². The Labute approximate surface area is 98.3 Å². The van der Waals surface area contributed by atoms with E-state index in [0.29, 0.717) is 5.69 Å². The third-order valence-corrected chi connectivity index (χ3v) is 2.54. The first-order valence-electron chi connectivity index (χ1n) is 4.78. The van der Waals surface area contributed by atoms with E-state index in [0.717, 1.165) is 10.9 Å². The minimum absolute atomic E-state index is 0.0578. The van der Waals surface area contributed by atoms with E-state index in [-0.39, 0.29) is 11.9 Å². The molecule has 1 N–H and O–H groups in total. The summed E-state index contributed by atoms with van der Waals surface area (Å²) in [6.07, 6.45) is 4.43. The number of carbonyl (C=O) groups excluding carboxylic acids is 1. The number of aromatic nitrogens is 1. The third-order valence-electron chi connectivity index (χ3n) is 2.10. The van der Waals surface area contributed by atoms with Crippen molar-refractivity contribution >= 4 is 21.8 Å². The summed E-state index contributed by atoms with van der Waals surface area (Å²) in [6, 6.07) is 1.92. The molecule has 1 unspecified atom stereocenters. The summed E-state index contributed by atoms with van der Waals surface area (Å²) in [6.45, 7) is 5.59. The standard InChI is InChI=1S/C11H15BrN2O/c1-4-5-8(2)13-11(15)10-6-9(12)7-14(10)3/h4,6-8H,1,5H2,2-3H3,(H,13,15). The highest BCUT2D eigenvalue weighted by Crippen LogP contribution is 2.13. The molecule has 0 spiro atoms. The van der Waals surface area contributed by atoms with E-state index >= 15 is 0 Å². The molecular formula is C11H15BrN2O. The van der Waals surface area contributed by atoms with Gasteiger partial charge in [0.1, 0.15) is 5.69 Å². The minimum Gasteiger partial charge on any atom is -0.348 e. The summed E-state index contributed by atoms with van der Waals surface area (Å²) in [5.74, 6) is -0.0578. The van der Waals surface area contributed by atoms with Crippen molar-refractivity contribution in [2.75, 3.05) is 0 Å². The van der Waals surface area contributed by atoms with Crippen LogP contribution >= 0.6 is 15.9 Å². The molecular weight excluding hydrogens is 256 g/mol. The van der Waals surface area contributed by atoms with Gasteiger partial charge in [-0.2, -0.15) is 0 Å². The van der Waals surface area contributed by atoms with Crippen molar-refractivity contribution in [1.82, 2.24) is 9.88 Å². The van der Waals surface area contributed by atoms with Crippen LogP contribution in [0.15, 0.2) is 29.4 Å². The first-order chi connectivity index (χ1) is 7.04. The van der Waals surface area contributed by atoms with Crippen LogP contribution in [-0.2, 0) is 7.05 Å². The van der Waals surface area contributed by atoms with E-state index in [1.807, 2.05) is 20.2 Å². The van der Waals surface area contributed by atoms with Gasteiger partial charge in [-0.3, -0.25) is 4.79 Å². The van der Waals surface area contributed by atoms with Gasteiger partial charge in [-0.1, -0.05) is 6.08 Å². The Morgan fingerprint density at radius 3 is 2.93 bits per heavy atom. The van der Waals surface area contributed by atoms with E-state index in [1.54, 1.807) is 16.7 Å². The fourth-order valence-electron chi connectivity index (χ4n) is 1.36. The van der Waals surface area contributed by atoms with E-state index in [4.69, 9.17) is 0 Å². The van der Waals surface area contributed by atoms with Gasteiger partial charge < -0.3 is 9.88 Å². The van der Waals surface area contributed by atoms with E-state index in [2.05, 4.69) is 27.8 Å². The number of hydrogen-bond acceptors (Lipinski definition) is 1. The zero-order valence-electron chi connectivity index (χ0n) is 8.96. The predicted molar refractivity (Wildman–Crippen MR) is 64.9 cm³/mol. The SMILES string of the molecule is C=CCC(C)NC(=O)c1cc(Br)cn1C. The maximum atomic E-state index is 11.8. The predicted octanol–water partition coefficient (Wildman–Crippen LogP) is 2.48. The first-order valence-corrected chi connectivity index (χ1v) is 5.57. The lowest BCUT2D eigenvalue weighted by Gasteiger charge is -2.11. The summed E-state index contributed by atoms with van der Waals surface area (Å²) in [5, 5.41) is 2.90. The van der Waals surface area contributed by atoms with Crippen molar-refractivity contribution in [3.63, 3.8) is 0 Å². The molecule has 0 fully saturated rings. The van der Waals surface area contributed by atoms with Crippen LogP contribution in [0.2, 0.25) is 0 Å². The van der Waals surface area contributed by atoms with Gasteiger partial charge in [0.25, 0.3) is 5.91 Å².